The summed E-state index contributed by atoms with van der Waals surface area (Å²) >= 11 is 0. The Morgan fingerprint density at radius 1 is 1.03 bits per heavy atom. The second kappa shape index (κ2) is 7.25. The summed E-state index contributed by atoms with van der Waals surface area (Å²) in [6, 6.07) is 15.8. The van der Waals surface area contributed by atoms with E-state index in [0.717, 1.165) is 22.6 Å². The predicted octanol–water partition coefficient (Wildman–Crippen LogP) is 3.40. The molecule has 7 heteroatoms. The number of imidazole rings is 1. The van der Waals surface area contributed by atoms with Gasteiger partial charge in [-0.05, 0) is 30.2 Å². The molecule has 1 amide bonds. The quantitative estimate of drug-likeness (QED) is 0.741. The minimum absolute atomic E-state index is 0.0984. The second-order valence-electron chi connectivity index (χ2n) is 7.22. The molecule has 5 rings (SSSR count). The molecule has 0 unspecified atom stereocenters. The molecule has 148 valence electrons. The molecule has 2 aromatic carbocycles. The summed E-state index contributed by atoms with van der Waals surface area (Å²) in [5.74, 6) is 1.33. The van der Waals surface area contributed by atoms with E-state index in [9.17, 15) is 4.79 Å². The van der Waals surface area contributed by atoms with Gasteiger partial charge in [-0.3, -0.25) is 4.79 Å². The average Bonchev–Trinajstić information content (AvgIpc) is 3.41. The molecule has 0 aliphatic carbocycles. The van der Waals surface area contributed by atoms with Crippen molar-refractivity contribution in [3.8, 4) is 11.5 Å². The molecular weight excluding hydrogens is 370 g/mol. The lowest BCUT2D eigenvalue weighted by molar-refractivity contribution is -0.0798. The normalized spacial score (nSPS) is 20.7. The predicted molar refractivity (Wildman–Crippen MR) is 105 cm³/mol. The van der Waals surface area contributed by atoms with Gasteiger partial charge in [-0.1, -0.05) is 36.4 Å². The highest BCUT2D eigenvalue weighted by Crippen LogP contribution is 2.38. The first-order chi connectivity index (χ1) is 14.2. The number of nitrogens with zero attached hydrogens (tertiary/aromatic N) is 2. The molecule has 0 bridgehead atoms. The number of hydrogen-bond donors (Lipinski definition) is 1. The third-order valence-electron chi connectivity index (χ3n) is 5.36. The molecule has 1 saturated heterocycles. The molecule has 2 atom stereocenters. The third kappa shape index (κ3) is 3.34. The van der Waals surface area contributed by atoms with Crippen molar-refractivity contribution in [2.24, 2.45) is 0 Å². The standard InChI is InChI=1S/C22H21N3O4/c1-14-21(24-12-23-14)22(26)25-10-19(15-5-3-2-4-6-15)29-20(11-25)16-7-8-17-18(9-16)28-13-27-17/h2-9,12,19-20H,10-11,13H2,1H3,(H,23,24)/t19-,20+/m0/s1. The number of fused-ring (bicyclic) bond motifs is 1. The van der Waals surface area contributed by atoms with Crippen molar-refractivity contribution in [3.05, 3.63) is 77.4 Å². The Morgan fingerprint density at radius 2 is 1.79 bits per heavy atom. The molecule has 3 heterocycles. The number of carbonyl (C=O) groups excluding carboxylic acids is 1. The maximum Gasteiger partial charge on any atom is 0.274 e. The van der Waals surface area contributed by atoms with Crippen LogP contribution in [0.3, 0.4) is 0 Å². The van der Waals surface area contributed by atoms with E-state index in [1.165, 1.54) is 0 Å². The summed E-state index contributed by atoms with van der Waals surface area (Å²) in [5.41, 5.74) is 3.20. The van der Waals surface area contributed by atoms with Gasteiger partial charge < -0.3 is 24.1 Å². The lowest BCUT2D eigenvalue weighted by Gasteiger charge is -2.38. The number of aromatic nitrogens is 2. The molecule has 2 aliphatic heterocycles. The van der Waals surface area contributed by atoms with E-state index in [-0.39, 0.29) is 24.9 Å². The fraction of sp³-hybridized carbons (Fsp3) is 0.273. The van der Waals surface area contributed by atoms with Crippen LogP contribution in [0.15, 0.2) is 54.9 Å². The van der Waals surface area contributed by atoms with Gasteiger partial charge in [0.2, 0.25) is 6.79 Å². The molecule has 0 radical (unpaired) electrons. The van der Waals surface area contributed by atoms with Gasteiger partial charge in [-0.15, -0.1) is 0 Å². The number of amides is 1. The number of nitrogens with one attached hydrogen (secondary N) is 1. The monoisotopic (exact) mass is 391 g/mol. The lowest BCUT2D eigenvalue weighted by Crippen LogP contribution is -2.44. The number of morpholine rings is 1. The van der Waals surface area contributed by atoms with Crippen molar-refractivity contribution in [3.63, 3.8) is 0 Å². The summed E-state index contributed by atoms with van der Waals surface area (Å²) < 4.78 is 17.4. The van der Waals surface area contributed by atoms with E-state index in [1.807, 2.05) is 60.4 Å². The van der Waals surface area contributed by atoms with Gasteiger partial charge in [0.15, 0.2) is 11.5 Å². The smallest absolute Gasteiger partial charge is 0.274 e. The highest BCUT2D eigenvalue weighted by Gasteiger charge is 2.34. The first-order valence-electron chi connectivity index (χ1n) is 9.58. The molecule has 0 spiro atoms. The highest BCUT2D eigenvalue weighted by atomic mass is 16.7. The first kappa shape index (κ1) is 17.8. The van der Waals surface area contributed by atoms with Gasteiger partial charge in [0.25, 0.3) is 5.91 Å². The summed E-state index contributed by atoms with van der Waals surface area (Å²) in [4.78, 5) is 22.2. The van der Waals surface area contributed by atoms with E-state index in [4.69, 9.17) is 14.2 Å². The van der Waals surface area contributed by atoms with Crippen molar-refractivity contribution in [1.29, 1.82) is 0 Å². The minimum Gasteiger partial charge on any atom is -0.454 e. The lowest BCUT2D eigenvalue weighted by atomic mass is 10.0. The minimum atomic E-state index is -0.286. The van der Waals surface area contributed by atoms with E-state index in [1.54, 1.807) is 6.33 Å². The van der Waals surface area contributed by atoms with Crippen molar-refractivity contribution in [2.75, 3.05) is 19.9 Å². The maximum absolute atomic E-state index is 13.2. The van der Waals surface area contributed by atoms with Crippen LogP contribution in [0.25, 0.3) is 0 Å². The van der Waals surface area contributed by atoms with E-state index < -0.39 is 0 Å². The summed E-state index contributed by atoms with van der Waals surface area (Å²) in [7, 11) is 0. The largest absolute Gasteiger partial charge is 0.454 e. The molecule has 1 fully saturated rings. The Bertz CT molecular complexity index is 1030. The maximum atomic E-state index is 13.2. The number of H-pyrrole nitrogens is 1. The van der Waals surface area contributed by atoms with Crippen LogP contribution in [0.1, 0.15) is 39.5 Å². The van der Waals surface area contributed by atoms with E-state index in [2.05, 4.69) is 9.97 Å². The Hall–Kier alpha value is -3.32. The van der Waals surface area contributed by atoms with Crippen molar-refractivity contribution < 1.29 is 19.0 Å². The summed E-state index contributed by atoms with van der Waals surface area (Å²) in [5, 5.41) is 0. The fourth-order valence-electron chi connectivity index (χ4n) is 3.80. The van der Waals surface area contributed by atoms with Crippen molar-refractivity contribution in [2.45, 2.75) is 19.1 Å². The molecule has 29 heavy (non-hydrogen) atoms. The Labute approximate surface area is 168 Å². The van der Waals surface area contributed by atoms with Gasteiger partial charge in [-0.25, -0.2) is 4.98 Å². The SMILES string of the molecule is Cc1[nH]cnc1C(=O)N1C[C@@H](c2ccccc2)O[C@@H](c2ccc3c(c2)OCO3)C1. The average molecular weight is 391 g/mol. The first-order valence-corrected chi connectivity index (χ1v) is 9.58. The Kier molecular flexibility index (Phi) is 4.44. The number of rotatable bonds is 3. The van der Waals surface area contributed by atoms with Crippen molar-refractivity contribution in [1.82, 2.24) is 14.9 Å². The van der Waals surface area contributed by atoms with Gasteiger partial charge in [0, 0.05) is 5.69 Å². The van der Waals surface area contributed by atoms with Gasteiger partial charge >= 0.3 is 0 Å². The molecule has 1 aromatic heterocycles. The van der Waals surface area contributed by atoms with Crippen LogP contribution >= 0.6 is 0 Å². The van der Waals surface area contributed by atoms with Crippen molar-refractivity contribution >= 4 is 5.91 Å². The number of carbonyl (C=O) groups is 1. The Balaban J connectivity index is 1.47. The zero-order valence-electron chi connectivity index (χ0n) is 16.0. The number of ether oxygens (including phenoxy) is 3. The van der Waals surface area contributed by atoms with Crippen LogP contribution in [-0.4, -0.2) is 40.7 Å². The highest BCUT2D eigenvalue weighted by molar-refractivity contribution is 5.93. The van der Waals surface area contributed by atoms with Crippen LogP contribution in [0.5, 0.6) is 11.5 Å². The van der Waals surface area contributed by atoms with E-state index in [0.29, 0.717) is 24.5 Å². The van der Waals surface area contributed by atoms with Crippen LogP contribution in [0.4, 0.5) is 0 Å². The van der Waals surface area contributed by atoms with E-state index >= 15 is 0 Å². The number of hydrogen-bond acceptors (Lipinski definition) is 5. The molecular formula is C22H21N3O4. The fourth-order valence-corrected chi connectivity index (χ4v) is 3.80. The third-order valence-corrected chi connectivity index (χ3v) is 5.36. The van der Waals surface area contributed by atoms with Gasteiger partial charge in [0.05, 0.1) is 19.4 Å². The second-order valence-corrected chi connectivity index (χ2v) is 7.22. The van der Waals surface area contributed by atoms with Crippen LogP contribution in [0, 0.1) is 6.92 Å². The zero-order valence-corrected chi connectivity index (χ0v) is 16.0. The zero-order chi connectivity index (χ0) is 19.8. The molecule has 7 nitrogen and oxygen atoms in total. The molecule has 0 saturated carbocycles. The topological polar surface area (TPSA) is 76.7 Å². The number of benzene rings is 2. The molecule has 1 N–H and O–H groups in total. The van der Waals surface area contributed by atoms with Crippen LogP contribution < -0.4 is 9.47 Å². The van der Waals surface area contributed by atoms with Gasteiger partial charge in [0.1, 0.15) is 17.9 Å². The van der Waals surface area contributed by atoms with Crippen LogP contribution in [0.2, 0.25) is 0 Å². The number of aryl methyl sites for hydroxylation is 1. The summed E-state index contributed by atoms with van der Waals surface area (Å²) in [6.07, 6.45) is 1.03. The van der Waals surface area contributed by atoms with Crippen LogP contribution in [-0.2, 0) is 4.74 Å². The Morgan fingerprint density at radius 3 is 2.55 bits per heavy atom. The molecule has 2 aliphatic rings. The molecule has 3 aromatic rings. The number of aromatic amines is 1. The summed E-state index contributed by atoms with van der Waals surface area (Å²) in [6.45, 7) is 2.98. The van der Waals surface area contributed by atoms with Gasteiger partial charge in [-0.2, -0.15) is 0 Å².